The summed E-state index contributed by atoms with van der Waals surface area (Å²) in [5, 5.41) is 0.332. The number of nitrogens with zero attached hydrogens (tertiary/aromatic N) is 2. The van der Waals surface area contributed by atoms with Gasteiger partial charge in [-0.3, -0.25) is 0 Å². The van der Waals surface area contributed by atoms with E-state index in [1.807, 2.05) is 0 Å². The molecular formula is C18H14BrF3N2O4. The van der Waals surface area contributed by atoms with E-state index in [4.69, 9.17) is 13.9 Å². The third-order valence-corrected chi connectivity index (χ3v) is 4.40. The first-order valence-electron chi connectivity index (χ1n) is 7.95. The Bertz CT molecular complexity index is 1050. The van der Waals surface area contributed by atoms with Crippen molar-refractivity contribution >= 4 is 32.8 Å². The zero-order chi connectivity index (χ0) is 20.6. The van der Waals surface area contributed by atoms with Crippen LogP contribution in [0.25, 0.3) is 22.4 Å². The van der Waals surface area contributed by atoms with E-state index in [1.54, 1.807) is 13.0 Å². The van der Waals surface area contributed by atoms with Crippen molar-refractivity contribution in [2.75, 3.05) is 14.2 Å². The van der Waals surface area contributed by atoms with Crippen molar-refractivity contribution in [2.24, 2.45) is 0 Å². The van der Waals surface area contributed by atoms with Crippen molar-refractivity contribution < 1.29 is 31.9 Å². The molecule has 2 heterocycles. The van der Waals surface area contributed by atoms with Crippen LogP contribution in [0.4, 0.5) is 13.2 Å². The summed E-state index contributed by atoms with van der Waals surface area (Å²) in [5.74, 6) is -0.587. The number of ether oxygens (including phenoxy) is 2. The number of aromatic nitrogens is 2. The van der Waals surface area contributed by atoms with Crippen molar-refractivity contribution in [1.29, 1.82) is 0 Å². The maximum Gasteiger partial charge on any atom is 0.433 e. The Kier molecular flexibility index (Phi) is 5.33. The molecule has 6 nitrogen and oxygen atoms in total. The van der Waals surface area contributed by atoms with Gasteiger partial charge in [0, 0.05) is 10.9 Å². The summed E-state index contributed by atoms with van der Waals surface area (Å²) in [6, 6.07) is 5.17. The van der Waals surface area contributed by atoms with Gasteiger partial charge in [-0.1, -0.05) is 15.9 Å². The van der Waals surface area contributed by atoms with Gasteiger partial charge >= 0.3 is 12.1 Å². The highest BCUT2D eigenvalue weighted by Gasteiger charge is 2.33. The molecule has 0 aliphatic rings. The number of alkyl halides is 4. The van der Waals surface area contributed by atoms with E-state index in [9.17, 15) is 18.0 Å². The molecule has 0 aliphatic heterocycles. The number of hydrogen-bond acceptors (Lipinski definition) is 6. The molecule has 0 aliphatic carbocycles. The minimum absolute atomic E-state index is 0.00100. The topological polar surface area (TPSA) is 74.5 Å². The van der Waals surface area contributed by atoms with E-state index in [0.29, 0.717) is 16.6 Å². The van der Waals surface area contributed by atoms with Gasteiger partial charge in [-0.25, -0.2) is 14.8 Å². The Hall–Kier alpha value is -2.62. The molecule has 0 bridgehead atoms. The number of carbonyl (C=O) groups excluding carboxylic acids is 1. The van der Waals surface area contributed by atoms with Gasteiger partial charge in [0.05, 0.1) is 19.0 Å². The van der Waals surface area contributed by atoms with Crippen molar-refractivity contribution in [3.8, 4) is 17.2 Å². The molecule has 3 rings (SSSR count). The first-order valence-corrected chi connectivity index (χ1v) is 8.87. The van der Waals surface area contributed by atoms with E-state index in [-0.39, 0.29) is 27.7 Å². The predicted octanol–water partition coefficient (Wildman–Crippen LogP) is 5.16. The Morgan fingerprint density at radius 2 is 1.89 bits per heavy atom. The fraction of sp³-hybridized carbons (Fsp3) is 0.278. The highest BCUT2D eigenvalue weighted by Crippen LogP contribution is 2.38. The lowest BCUT2D eigenvalue weighted by Gasteiger charge is -2.11. The van der Waals surface area contributed by atoms with Crippen LogP contribution in [0, 0.1) is 0 Å². The second-order valence-electron chi connectivity index (χ2n) is 5.75. The van der Waals surface area contributed by atoms with Gasteiger partial charge in [0.1, 0.15) is 22.7 Å². The molecular weight excluding hydrogens is 445 g/mol. The smallest absolute Gasteiger partial charge is 0.433 e. The van der Waals surface area contributed by atoms with E-state index in [0.717, 1.165) is 6.07 Å². The number of fused-ring (bicyclic) bond motifs is 1. The Morgan fingerprint density at radius 3 is 2.46 bits per heavy atom. The first-order chi connectivity index (χ1) is 13.2. The van der Waals surface area contributed by atoms with E-state index in [1.165, 1.54) is 26.4 Å². The maximum absolute atomic E-state index is 13.1. The van der Waals surface area contributed by atoms with Crippen LogP contribution in [0.2, 0.25) is 0 Å². The standard InChI is InChI=1S/C18H14BrF3N2O4/c1-8(19)13-15(17(25)27-3)28-16(24-13)10-4-6-11(26-2)14-9(10)5-7-12(23-14)18(20,21)22/h4-8H,1-3H3. The fourth-order valence-corrected chi connectivity index (χ4v) is 2.97. The number of esters is 1. The molecule has 1 aromatic carbocycles. The van der Waals surface area contributed by atoms with E-state index < -0.39 is 17.8 Å². The van der Waals surface area contributed by atoms with Crippen LogP contribution in [0.3, 0.4) is 0 Å². The van der Waals surface area contributed by atoms with Gasteiger partial charge in [-0.05, 0) is 31.2 Å². The molecule has 3 aromatic rings. The molecule has 1 unspecified atom stereocenters. The minimum atomic E-state index is -4.60. The predicted molar refractivity (Wildman–Crippen MR) is 97.5 cm³/mol. The van der Waals surface area contributed by atoms with E-state index >= 15 is 0 Å². The number of hydrogen-bond donors (Lipinski definition) is 0. The molecule has 28 heavy (non-hydrogen) atoms. The highest BCUT2D eigenvalue weighted by atomic mass is 79.9. The van der Waals surface area contributed by atoms with Gasteiger partial charge in [0.2, 0.25) is 11.7 Å². The van der Waals surface area contributed by atoms with Crippen molar-refractivity contribution in [2.45, 2.75) is 17.9 Å². The van der Waals surface area contributed by atoms with Gasteiger partial charge in [-0.15, -0.1) is 0 Å². The molecule has 2 aromatic heterocycles. The molecule has 0 radical (unpaired) electrons. The number of benzene rings is 1. The lowest BCUT2D eigenvalue weighted by Crippen LogP contribution is -2.08. The van der Waals surface area contributed by atoms with Crippen LogP contribution in [-0.4, -0.2) is 30.2 Å². The molecule has 10 heteroatoms. The van der Waals surface area contributed by atoms with E-state index in [2.05, 4.69) is 25.9 Å². The lowest BCUT2D eigenvalue weighted by atomic mass is 10.1. The zero-order valence-electron chi connectivity index (χ0n) is 14.9. The summed E-state index contributed by atoms with van der Waals surface area (Å²) in [5.41, 5.74) is -0.374. The van der Waals surface area contributed by atoms with Crippen LogP contribution in [0.1, 0.15) is 33.7 Å². The van der Waals surface area contributed by atoms with Crippen LogP contribution in [-0.2, 0) is 10.9 Å². The summed E-state index contributed by atoms with van der Waals surface area (Å²) in [6.45, 7) is 1.75. The van der Waals surface area contributed by atoms with Gasteiger partial charge in [0.15, 0.2) is 0 Å². The molecule has 148 valence electrons. The van der Waals surface area contributed by atoms with Crippen LogP contribution < -0.4 is 4.74 Å². The summed E-state index contributed by atoms with van der Waals surface area (Å²) in [7, 11) is 2.54. The average Bonchev–Trinajstić information content (AvgIpc) is 3.10. The minimum Gasteiger partial charge on any atom is -0.494 e. The van der Waals surface area contributed by atoms with Crippen LogP contribution >= 0.6 is 15.9 Å². The molecule has 0 fully saturated rings. The fourth-order valence-electron chi connectivity index (χ4n) is 2.66. The summed E-state index contributed by atoms with van der Waals surface area (Å²) < 4.78 is 54.6. The molecule has 0 amide bonds. The third-order valence-electron chi connectivity index (χ3n) is 3.96. The zero-order valence-corrected chi connectivity index (χ0v) is 16.5. The van der Waals surface area contributed by atoms with Crippen LogP contribution in [0.15, 0.2) is 28.7 Å². The molecule has 0 spiro atoms. The molecule has 0 saturated carbocycles. The number of carbonyl (C=O) groups is 1. The van der Waals surface area contributed by atoms with Crippen molar-refractivity contribution in [1.82, 2.24) is 9.97 Å². The number of halogens is 4. The summed E-state index contributed by atoms with van der Waals surface area (Å²) >= 11 is 3.33. The maximum atomic E-state index is 13.1. The first kappa shape index (κ1) is 20.1. The average molecular weight is 459 g/mol. The lowest BCUT2D eigenvalue weighted by molar-refractivity contribution is -0.140. The number of pyridine rings is 1. The van der Waals surface area contributed by atoms with Crippen molar-refractivity contribution in [3.63, 3.8) is 0 Å². The van der Waals surface area contributed by atoms with Gasteiger partial charge in [0.25, 0.3) is 0 Å². The molecule has 1 atom stereocenters. The Balaban J connectivity index is 2.26. The number of oxazole rings is 1. The summed E-state index contributed by atoms with van der Waals surface area (Å²) in [6.07, 6.45) is -4.60. The quantitative estimate of drug-likeness (QED) is 0.397. The Labute approximate surface area is 165 Å². The van der Waals surface area contributed by atoms with Crippen LogP contribution in [0.5, 0.6) is 5.75 Å². The highest BCUT2D eigenvalue weighted by molar-refractivity contribution is 9.09. The number of rotatable bonds is 4. The number of methoxy groups -OCH3 is 2. The van der Waals surface area contributed by atoms with Gasteiger partial charge in [-0.2, -0.15) is 13.2 Å². The largest absolute Gasteiger partial charge is 0.494 e. The molecule has 0 saturated heterocycles. The second kappa shape index (κ2) is 7.42. The second-order valence-corrected chi connectivity index (χ2v) is 7.12. The Morgan fingerprint density at radius 1 is 1.18 bits per heavy atom. The van der Waals surface area contributed by atoms with Gasteiger partial charge < -0.3 is 13.9 Å². The normalized spacial score (nSPS) is 12.8. The van der Waals surface area contributed by atoms with Crippen molar-refractivity contribution in [3.05, 3.63) is 41.4 Å². The summed E-state index contributed by atoms with van der Waals surface area (Å²) in [4.78, 5) is 19.7. The third kappa shape index (κ3) is 3.56. The monoisotopic (exact) mass is 458 g/mol. The molecule has 0 N–H and O–H groups in total. The SMILES string of the molecule is COC(=O)c1oc(-c2ccc(OC)c3nc(C(F)(F)F)ccc23)nc1C(C)Br.